The Morgan fingerprint density at radius 3 is 2.72 bits per heavy atom. The van der Waals surface area contributed by atoms with Gasteiger partial charge in [0, 0.05) is 32.3 Å². The Balaban J connectivity index is 1.96. The normalized spacial score (nSPS) is 18.1. The van der Waals surface area contributed by atoms with Crippen LogP contribution in [0.5, 0.6) is 0 Å². The molecule has 0 bridgehead atoms. The molecule has 98 valence electrons. The van der Waals surface area contributed by atoms with Gasteiger partial charge in [0.1, 0.15) is 11.5 Å². The molecule has 1 aromatic heterocycles. The number of rotatable bonds is 2. The Kier molecular flexibility index (Phi) is 3.50. The molecule has 0 unspecified atom stereocenters. The Morgan fingerprint density at radius 1 is 1.56 bits per heavy atom. The summed E-state index contributed by atoms with van der Waals surface area (Å²) in [5.74, 6) is 0.247. The van der Waals surface area contributed by atoms with Crippen LogP contribution in [0.1, 0.15) is 23.3 Å². The van der Waals surface area contributed by atoms with Crippen LogP contribution in [0.25, 0.3) is 0 Å². The van der Waals surface area contributed by atoms with Crippen LogP contribution in [0.15, 0.2) is 17.7 Å². The van der Waals surface area contributed by atoms with E-state index in [9.17, 15) is 4.79 Å². The number of likely N-dealkylation sites (tertiary alicyclic amines) is 1. The smallest absolute Gasteiger partial charge is 0.274 e. The van der Waals surface area contributed by atoms with Crippen LogP contribution in [-0.4, -0.2) is 44.5 Å². The lowest BCUT2D eigenvalue weighted by Gasteiger charge is -2.30. The summed E-state index contributed by atoms with van der Waals surface area (Å²) in [4.78, 5) is 17.9. The van der Waals surface area contributed by atoms with E-state index in [1.54, 1.807) is 22.0 Å². The van der Waals surface area contributed by atoms with E-state index in [0.717, 1.165) is 0 Å². The Hall–Kier alpha value is -2.05. The number of amidine groups is 1. The van der Waals surface area contributed by atoms with Gasteiger partial charge in [-0.3, -0.25) is 4.79 Å². The molecule has 7 heteroatoms. The van der Waals surface area contributed by atoms with Crippen molar-refractivity contribution in [1.82, 2.24) is 14.5 Å². The summed E-state index contributed by atoms with van der Waals surface area (Å²) in [6.07, 6.45) is 4.75. The molecule has 2 rings (SSSR count). The summed E-state index contributed by atoms with van der Waals surface area (Å²) in [6.45, 7) is 1.21. The summed E-state index contributed by atoms with van der Waals surface area (Å²) in [5.41, 5.74) is 6.02. The first-order valence-corrected chi connectivity index (χ1v) is 5.86. The van der Waals surface area contributed by atoms with Crippen LogP contribution in [0.3, 0.4) is 0 Å². The van der Waals surface area contributed by atoms with Crippen molar-refractivity contribution in [3.63, 3.8) is 0 Å². The molecule has 1 aromatic rings. The number of nitrogens with two attached hydrogens (primary N) is 1. The van der Waals surface area contributed by atoms with E-state index in [2.05, 4.69) is 10.1 Å². The van der Waals surface area contributed by atoms with Gasteiger partial charge in [-0.2, -0.15) is 0 Å². The molecule has 1 aliphatic heterocycles. The number of aromatic nitrogens is 2. The fraction of sp³-hybridized carbons (Fsp3) is 0.545. The summed E-state index contributed by atoms with van der Waals surface area (Å²) in [5, 5.41) is 11.6. The highest BCUT2D eigenvalue weighted by Crippen LogP contribution is 2.18. The predicted octanol–water partition coefficient (Wildman–Crippen LogP) is 0.0187. The number of nitrogens with zero attached hydrogens (tertiary/aromatic N) is 4. The average molecular weight is 251 g/mol. The number of hydrogen-bond acceptors (Lipinski definition) is 4. The van der Waals surface area contributed by atoms with Crippen LogP contribution < -0.4 is 5.73 Å². The van der Waals surface area contributed by atoms with Gasteiger partial charge in [-0.15, -0.1) is 0 Å². The Labute approximate surface area is 105 Å². The number of carbonyl (C=O) groups is 1. The van der Waals surface area contributed by atoms with Crippen LogP contribution in [0.4, 0.5) is 0 Å². The van der Waals surface area contributed by atoms with Crippen molar-refractivity contribution in [3.8, 4) is 0 Å². The molecule has 0 saturated carbocycles. The van der Waals surface area contributed by atoms with Gasteiger partial charge >= 0.3 is 0 Å². The third-order valence-corrected chi connectivity index (χ3v) is 3.24. The molecule has 0 aliphatic carbocycles. The topological polar surface area (TPSA) is 96.7 Å². The van der Waals surface area contributed by atoms with Crippen molar-refractivity contribution in [2.75, 3.05) is 13.1 Å². The highest BCUT2D eigenvalue weighted by atomic mass is 16.4. The molecule has 7 nitrogen and oxygen atoms in total. The van der Waals surface area contributed by atoms with E-state index in [-0.39, 0.29) is 17.7 Å². The molecule has 1 aliphatic rings. The maximum atomic E-state index is 12.1. The van der Waals surface area contributed by atoms with Crippen molar-refractivity contribution < 1.29 is 10.0 Å². The molecule has 0 spiro atoms. The first-order chi connectivity index (χ1) is 8.61. The molecule has 3 N–H and O–H groups in total. The average Bonchev–Trinajstić information content (AvgIpc) is 2.84. The van der Waals surface area contributed by atoms with Crippen molar-refractivity contribution in [1.29, 1.82) is 0 Å². The number of imidazole rings is 1. The van der Waals surface area contributed by atoms with Gasteiger partial charge in [0.05, 0.1) is 6.33 Å². The molecule has 1 fully saturated rings. The fourth-order valence-electron chi connectivity index (χ4n) is 2.15. The van der Waals surface area contributed by atoms with E-state index >= 15 is 0 Å². The summed E-state index contributed by atoms with van der Waals surface area (Å²) < 4.78 is 1.75. The first-order valence-electron chi connectivity index (χ1n) is 5.86. The Bertz CT molecular complexity index is 460. The number of hydrogen-bond donors (Lipinski definition) is 2. The van der Waals surface area contributed by atoms with Gasteiger partial charge in [-0.25, -0.2) is 4.98 Å². The molecule has 0 radical (unpaired) electrons. The minimum Gasteiger partial charge on any atom is -0.409 e. The second-order valence-electron chi connectivity index (χ2n) is 4.52. The maximum Gasteiger partial charge on any atom is 0.274 e. The van der Waals surface area contributed by atoms with Crippen molar-refractivity contribution in [2.24, 2.45) is 23.9 Å². The van der Waals surface area contributed by atoms with Crippen LogP contribution in [0, 0.1) is 5.92 Å². The molecule has 1 saturated heterocycles. The zero-order valence-electron chi connectivity index (χ0n) is 10.3. The van der Waals surface area contributed by atoms with Gasteiger partial charge in [0.2, 0.25) is 0 Å². The minimum atomic E-state index is -0.0615. The predicted molar refractivity (Wildman–Crippen MR) is 65.2 cm³/mol. The third kappa shape index (κ3) is 2.44. The number of amides is 1. The highest BCUT2D eigenvalue weighted by molar-refractivity contribution is 5.92. The standard InChI is InChI=1S/C11H17N5O2/c1-15-6-9(13-7-15)11(17)16-4-2-8(3-5-16)10(12)14-18/h6-8,18H,2-5H2,1H3,(H2,12,14). The van der Waals surface area contributed by atoms with Gasteiger partial charge in [-0.1, -0.05) is 5.16 Å². The maximum absolute atomic E-state index is 12.1. The molecular formula is C11H17N5O2. The largest absolute Gasteiger partial charge is 0.409 e. The fourth-order valence-corrected chi connectivity index (χ4v) is 2.15. The van der Waals surface area contributed by atoms with E-state index in [1.165, 1.54) is 0 Å². The van der Waals surface area contributed by atoms with Crippen molar-refractivity contribution in [3.05, 3.63) is 18.2 Å². The van der Waals surface area contributed by atoms with Gasteiger partial charge in [0.15, 0.2) is 0 Å². The monoisotopic (exact) mass is 251 g/mol. The van der Waals surface area contributed by atoms with Crippen LogP contribution in [0.2, 0.25) is 0 Å². The van der Waals surface area contributed by atoms with E-state index in [1.807, 2.05) is 7.05 Å². The van der Waals surface area contributed by atoms with Gasteiger partial charge in [-0.05, 0) is 12.8 Å². The number of piperidine rings is 1. The lowest BCUT2D eigenvalue weighted by molar-refractivity contribution is 0.0703. The number of oxime groups is 1. The summed E-state index contributed by atoms with van der Waals surface area (Å²) in [7, 11) is 1.83. The van der Waals surface area contributed by atoms with Gasteiger partial charge < -0.3 is 20.4 Å². The van der Waals surface area contributed by atoms with Crippen LogP contribution >= 0.6 is 0 Å². The SMILES string of the molecule is Cn1cnc(C(=O)N2CCC(C(N)=NO)CC2)c1. The molecule has 18 heavy (non-hydrogen) atoms. The summed E-state index contributed by atoms with van der Waals surface area (Å²) in [6, 6.07) is 0. The second-order valence-corrected chi connectivity index (χ2v) is 4.52. The number of carbonyl (C=O) groups excluding carboxylic acids is 1. The highest BCUT2D eigenvalue weighted by Gasteiger charge is 2.26. The van der Waals surface area contributed by atoms with E-state index in [0.29, 0.717) is 31.6 Å². The van der Waals surface area contributed by atoms with Gasteiger partial charge in [0.25, 0.3) is 5.91 Å². The van der Waals surface area contributed by atoms with E-state index in [4.69, 9.17) is 10.9 Å². The lowest BCUT2D eigenvalue weighted by Crippen LogP contribution is -2.41. The molecule has 1 amide bonds. The first kappa shape index (κ1) is 12.4. The zero-order chi connectivity index (χ0) is 13.1. The number of aryl methyl sites for hydroxylation is 1. The van der Waals surface area contributed by atoms with E-state index < -0.39 is 0 Å². The lowest BCUT2D eigenvalue weighted by atomic mass is 9.96. The second kappa shape index (κ2) is 5.07. The molecular weight excluding hydrogens is 234 g/mol. The molecule has 0 atom stereocenters. The molecule has 0 aromatic carbocycles. The molecule has 2 heterocycles. The summed E-state index contributed by atoms with van der Waals surface area (Å²) >= 11 is 0. The quantitative estimate of drug-likeness (QED) is 0.335. The zero-order valence-corrected chi connectivity index (χ0v) is 10.3. The minimum absolute atomic E-state index is 0.0581. The Morgan fingerprint density at radius 2 is 2.22 bits per heavy atom. The van der Waals surface area contributed by atoms with Crippen molar-refractivity contribution in [2.45, 2.75) is 12.8 Å². The third-order valence-electron chi connectivity index (χ3n) is 3.24. The van der Waals surface area contributed by atoms with Crippen LogP contribution in [-0.2, 0) is 7.05 Å². The van der Waals surface area contributed by atoms with Crippen molar-refractivity contribution >= 4 is 11.7 Å².